The molecule has 0 bridgehead atoms. The number of nitrogens with one attached hydrogen (secondary N) is 1. The molecule has 0 atom stereocenters. The lowest BCUT2D eigenvalue weighted by Crippen LogP contribution is -2.17. The van der Waals surface area contributed by atoms with Gasteiger partial charge in [-0.05, 0) is 24.6 Å². The van der Waals surface area contributed by atoms with E-state index in [1.165, 1.54) is 17.0 Å². The number of halogens is 1. The Labute approximate surface area is 174 Å². The van der Waals surface area contributed by atoms with E-state index < -0.39 is 0 Å². The van der Waals surface area contributed by atoms with Crippen molar-refractivity contribution in [2.45, 2.75) is 26.5 Å². The van der Waals surface area contributed by atoms with Gasteiger partial charge in [0.25, 0.3) is 0 Å². The Morgan fingerprint density at radius 1 is 1.07 bits per heavy atom. The van der Waals surface area contributed by atoms with Gasteiger partial charge in [-0.1, -0.05) is 12.1 Å². The van der Waals surface area contributed by atoms with Crippen molar-refractivity contribution in [3.05, 3.63) is 69.4 Å². The van der Waals surface area contributed by atoms with Crippen LogP contribution >= 0.6 is 11.3 Å². The zero-order valence-corrected chi connectivity index (χ0v) is 17.6. The van der Waals surface area contributed by atoms with Crippen LogP contribution in [0.3, 0.4) is 0 Å². The minimum atomic E-state index is -0.265. The van der Waals surface area contributed by atoms with E-state index in [0.717, 1.165) is 29.1 Å². The molecule has 1 N–H and O–H groups in total. The number of ether oxygens (including phenoxy) is 3. The summed E-state index contributed by atoms with van der Waals surface area (Å²) in [4.78, 5) is 5.60. The highest BCUT2D eigenvalue weighted by Crippen LogP contribution is 2.34. The highest BCUT2D eigenvalue weighted by atomic mass is 32.1. The van der Waals surface area contributed by atoms with E-state index in [1.807, 2.05) is 18.3 Å². The first kappa shape index (κ1) is 21.1. The first-order valence-corrected chi connectivity index (χ1v) is 10.1. The van der Waals surface area contributed by atoms with Gasteiger partial charge in [0, 0.05) is 42.7 Å². The lowest BCUT2D eigenvalue weighted by Gasteiger charge is -2.16. The fourth-order valence-electron chi connectivity index (χ4n) is 2.89. The van der Waals surface area contributed by atoms with Crippen LogP contribution in [0.25, 0.3) is 0 Å². The zero-order chi connectivity index (χ0) is 20.6. The van der Waals surface area contributed by atoms with Crippen molar-refractivity contribution in [2.75, 3.05) is 20.8 Å². The van der Waals surface area contributed by atoms with E-state index in [9.17, 15) is 4.39 Å². The number of nitrogens with zero attached hydrogens (tertiary/aromatic N) is 1. The molecule has 3 aromatic rings. The van der Waals surface area contributed by atoms with E-state index in [1.54, 1.807) is 37.7 Å². The van der Waals surface area contributed by atoms with Crippen molar-refractivity contribution in [2.24, 2.45) is 0 Å². The summed E-state index contributed by atoms with van der Waals surface area (Å²) in [5, 5.41) is 4.55. The monoisotopic (exact) mass is 416 g/mol. The van der Waals surface area contributed by atoms with Gasteiger partial charge in [0.1, 0.15) is 29.7 Å². The molecular weight excluding hydrogens is 391 g/mol. The molecule has 0 radical (unpaired) electrons. The van der Waals surface area contributed by atoms with Gasteiger partial charge in [-0.3, -0.25) is 0 Å². The van der Waals surface area contributed by atoms with Crippen molar-refractivity contribution in [1.82, 2.24) is 10.3 Å². The molecule has 0 saturated carbocycles. The number of rotatable bonds is 10. The maximum atomic E-state index is 13.0. The van der Waals surface area contributed by atoms with Crippen molar-refractivity contribution in [3.63, 3.8) is 0 Å². The number of benzene rings is 2. The summed E-state index contributed by atoms with van der Waals surface area (Å²) in [7, 11) is 3.25. The molecule has 0 amide bonds. The second kappa shape index (κ2) is 10.2. The molecule has 0 saturated heterocycles. The van der Waals surface area contributed by atoms with Gasteiger partial charge in [0.15, 0.2) is 0 Å². The summed E-state index contributed by atoms with van der Waals surface area (Å²) < 4.78 is 30.0. The fraction of sp³-hybridized carbons (Fsp3) is 0.318. The standard InChI is InChI=1S/C22H25FN2O3S/c1-15-12-25-22(29-15)8-9-24-13-19-20(26-2)10-18(11-21(19)27-3)28-14-16-4-6-17(23)7-5-16/h4-7,10-12,24H,8-9,13-14H2,1-3H3. The molecule has 0 unspecified atom stereocenters. The third-order valence-electron chi connectivity index (χ3n) is 4.39. The molecule has 1 heterocycles. The van der Waals surface area contributed by atoms with Gasteiger partial charge < -0.3 is 19.5 Å². The van der Waals surface area contributed by atoms with Crippen LogP contribution in [0.2, 0.25) is 0 Å². The number of thiazole rings is 1. The Balaban J connectivity index is 1.62. The predicted octanol–water partition coefficient (Wildman–Crippen LogP) is 4.52. The minimum absolute atomic E-state index is 0.265. The summed E-state index contributed by atoms with van der Waals surface area (Å²) in [6.45, 7) is 3.80. The van der Waals surface area contributed by atoms with Crippen LogP contribution in [0.5, 0.6) is 17.2 Å². The largest absolute Gasteiger partial charge is 0.496 e. The van der Waals surface area contributed by atoms with Gasteiger partial charge in [-0.15, -0.1) is 11.3 Å². The molecule has 5 nitrogen and oxygen atoms in total. The average Bonchev–Trinajstić information content (AvgIpc) is 3.15. The summed E-state index contributed by atoms with van der Waals surface area (Å²) >= 11 is 1.72. The van der Waals surface area contributed by atoms with Crippen molar-refractivity contribution in [1.29, 1.82) is 0 Å². The summed E-state index contributed by atoms with van der Waals surface area (Å²) in [6, 6.07) is 9.92. The smallest absolute Gasteiger partial charge is 0.130 e. The third-order valence-corrected chi connectivity index (χ3v) is 5.36. The molecule has 0 fully saturated rings. The van der Waals surface area contributed by atoms with Crippen molar-refractivity contribution in [3.8, 4) is 17.2 Å². The second-order valence-corrected chi connectivity index (χ2v) is 7.83. The van der Waals surface area contributed by atoms with Crippen LogP contribution in [0.4, 0.5) is 4.39 Å². The molecule has 0 aliphatic heterocycles. The molecule has 0 spiro atoms. The number of hydrogen-bond donors (Lipinski definition) is 1. The molecule has 29 heavy (non-hydrogen) atoms. The SMILES string of the molecule is COc1cc(OCc2ccc(F)cc2)cc(OC)c1CNCCc1ncc(C)s1. The number of aromatic nitrogens is 1. The molecule has 0 aliphatic carbocycles. The Hall–Kier alpha value is -2.64. The Kier molecular flexibility index (Phi) is 7.43. The fourth-order valence-corrected chi connectivity index (χ4v) is 3.68. The Morgan fingerprint density at radius 2 is 1.76 bits per heavy atom. The Morgan fingerprint density at radius 3 is 2.34 bits per heavy atom. The third kappa shape index (κ3) is 5.92. The van der Waals surface area contributed by atoms with Crippen molar-refractivity contribution >= 4 is 11.3 Å². The predicted molar refractivity (Wildman–Crippen MR) is 113 cm³/mol. The maximum absolute atomic E-state index is 13.0. The van der Waals surface area contributed by atoms with E-state index in [2.05, 4.69) is 17.2 Å². The molecule has 3 rings (SSSR count). The minimum Gasteiger partial charge on any atom is -0.496 e. The zero-order valence-electron chi connectivity index (χ0n) is 16.8. The van der Waals surface area contributed by atoms with Crippen LogP contribution in [0.15, 0.2) is 42.6 Å². The Bertz CT molecular complexity index is 903. The first-order valence-electron chi connectivity index (χ1n) is 9.33. The van der Waals surface area contributed by atoms with E-state index in [0.29, 0.717) is 30.4 Å². The van der Waals surface area contributed by atoms with Crippen LogP contribution < -0.4 is 19.5 Å². The van der Waals surface area contributed by atoms with E-state index >= 15 is 0 Å². The van der Waals surface area contributed by atoms with E-state index in [4.69, 9.17) is 14.2 Å². The van der Waals surface area contributed by atoms with Crippen LogP contribution in [-0.4, -0.2) is 25.7 Å². The van der Waals surface area contributed by atoms with E-state index in [-0.39, 0.29) is 5.82 Å². The molecule has 1 aromatic heterocycles. The topological polar surface area (TPSA) is 52.6 Å². The second-order valence-electron chi connectivity index (χ2n) is 6.51. The summed E-state index contributed by atoms with van der Waals surface area (Å²) in [6.07, 6.45) is 2.78. The quantitative estimate of drug-likeness (QED) is 0.493. The van der Waals surface area contributed by atoms with Gasteiger partial charge in [-0.2, -0.15) is 0 Å². The molecule has 0 aliphatic rings. The van der Waals surface area contributed by atoms with Gasteiger partial charge in [0.2, 0.25) is 0 Å². The lowest BCUT2D eigenvalue weighted by molar-refractivity contribution is 0.299. The maximum Gasteiger partial charge on any atom is 0.130 e. The lowest BCUT2D eigenvalue weighted by atomic mass is 10.1. The summed E-state index contributed by atoms with van der Waals surface area (Å²) in [5.74, 6) is 1.75. The van der Waals surface area contributed by atoms with Gasteiger partial charge >= 0.3 is 0 Å². The molecule has 2 aromatic carbocycles. The summed E-state index contributed by atoms with van der Waals surface area (Å²) in [5.41, 5.74) is 1.81. The number of hydrogen-bond acceptors (Lipinski definition) is 6. The van der Waals surface area contributed by atoms with Crippen LogP contribution in [0, 0.1) is 12.7 Å². The molecule has 154 valence electrons. The van der Waals surface area contributed by atoms with Gasteiger partial charge in [0.05, 0.1) is 24.8 Å². The normalized spacial score (nSPS) is 10.8. The van der Waals surface area contributed by atoms with Gasteiger partial charge in [-0.25, -0.2) is 9.37 Å². The number of methoxy groups -OCH3 is 2. The first-order chi connectivity index (χ1) is 14.1. The molecule has 7 heteroatoms. The highest BCUT2D eigenvalue weighted by Gasteiger charge is 2.13. The molecular formula is C22H25FN2O3S. The van der Waals surface area contributed by atoms with Crippen LogP contribution in [-0.2, 0) is 19.6 Å². The van der Waals surface area contributed by atoms with Crippen molar-refractivity contribution < 1.29 is 18.6 Å². The highest BCUT2D eigenvalue weighted by molar-refractivity contribution is 7.11. The van der Waals surface area contributed by atoms with Crippen LogP contribution in [0.1, 0.15) is 21.0 Å². The number of aryl methyl sites for hydroxylation is 1. The average molecular weight is 417 g/mol.